The van der Waals surface area contributed by atoms with Gasteiger partial charge >= 0.3 is 0 Å². The smallest absolute Gasteiger partial charge is 0.282 e. The van der Waals surface area contributed by atoms with Crippen molar-refractivity contribution in [2.75, 3.05) is 0 Å². The molecule has 0 aliphatic heterocycles. The Balaban J connectivity index is 1.62. The van der Waals surface area contributed by atoms with Crippen molar-refractivity contribution in [3.8, 4) is 5.75 Å². The summed E-state index contributed by atoms with van der Waals surface area (Å²) >= 11 is 13.4. The normalized spacial score (nSPS) is 11.4. The second kappa shape index (κ2) is 12.0. The first kappa shape index (κ1) is 27.0. The molecule has 4 aromatic rings. The fourth-order valence-electron chi connectivity index (χ4n) is 3.64. The van der Waals surface area contributed by atoms with Crippen LogP contribution >= 0.6 is 43.5 Å². The highest BCUT2D eigenvalue weighted by atomic mass is 79.9. The fraction of sp³-hybridized carbons (Fsp3) is 0.192. The highest BCUT2D eigenvalue weighted by Crippen LogP contribution is 2.35. The second-order valence-electron chi connectivity index (χ2n) is 8.18. The van der Waals surface area contributed by atoms with E-state index in [2.05, 4.69) is 48.9 Å². The molecule has 0 fully saturated rings. The number of benzene rings is 3. The van der Waals surface area contributed by atoms with E-state index >= 15 is 0 Å². The molecule has 0 aliphatic rings. The lowest BCUT2D eigenvalue weighted by molar-refractivity contribution is -0.384. The predicted molar refractivity (Wildman–Crippen MR) is 152 cm³/mol. The maximum Gasteiger partial charge on any atom is 0.282 e. The highest BCUT2D eigenvalue weighted by molar-refractivity contribution is 9.10. The van der Waals surface area contributed by atoms with Crippen LogP contribution in [0.4, 0.5) is 5.69 Å². The van der Waals surface area contributed by atoms with Crippen molar-refractivity contribution in [1.82, 2.24) is 9.66 Å². The Bertz CT molecular complexity index is 1550. The van der Waals surface area contributed by atoms with Crippen LogP contribution in [-0.2, 0) is 13.0 Å². The van der Waals surface area contributed by atoms with Crippen molar-refractivity contribution in [2.24, 2.45) is 5.10 Å². The molecular formula is C26H21Br2ClN4O4. The Morgan fingerprint density at radius 2 is 2.00 bits per heavy atom. The molecule has 3 aromatic carbocycles. The lowest BCUT2D eigenvalue weighted by Crippen LogP contribution is -2.22. The number of non-ortho nitro benzene ring substituents is 1. The number of nitro benzene ring substituents is 1. The van der Waals surface area contributed by atoms with Crippen molar-refractivity contribution in [3.05, 3.63) is 106 Å². The van der Waals surface area contributed by atoms with Crippen LogP contribution in [0.2, 0.25) is 5.02 Å². The van der Waals surface area contributed by atoms with Crippen LogP contribution in [0.3, 0.4) is 0 Å². The van der Waals surface area contributed by atoms with Gasteiger partial charge in [-0.25, -0.2) is 4.98 Å². The van der Waals surface area contributed by atoms with E-state index in [1.54, 1.807) is 36.5 Å². The van der Waals surface area contributed by atoms with Gasteiger partial charge in [0.15, 0.2) is 5.75 Å². The quantitative estimate of drug-likeness (QED) is 0.108. The van der Waals surface area contributed by atoms with Gasteiger partial charge < -0.3 is 4.74 Å². The minimum absolute atomic E-state index is 0.0121. The van der Waals surface area contributed by atoms with Gasteiger partial charge in [0.25, 0.3) is 11.2 Å². The molecule has 37 heavy (non-hydrogen) atoms. The summed E-state index contributed by atoms with van der Waals surface area (Å²) in [5.41, 5.74) is 1.64. The number of hydrogen-bond acceptors (Lipinski definition) is 6. The van der Waals surface area contributed by atoms with E-state index in [0.717, 1.165) is 17.3 Å². The van der Waals surface area contributed by atoms with Gasteiger partial charge in [-0.05, 0) is 63.8 Å². The van der Waals surface area contributed by atoms with Crippen LogP contribution in [0.1, 0.15) is 36.7 Å². The first-order valence-electron chi connectivity index (χ1n) is 11.4. The van der Waals surface area contributed by atoms with Gasteiger partial charge in [0.2, 0.25) is 0 Å². The SMILES string of the molecule is CCCCc1nc2ccc(Br)cc2c(=O)n1N=Cc1cc(Cl)c(OCc2cccc([N+](=O)[O-])c2)c(Br)c1. The van der Waals surface area contributed by atoms with Crippen LogP contribution in [0.5, 0.6) is 5.75 Å². The average Bonchev–Trinajstić information content (AvgIpc) is 2.87. The summed E-state index contributed by atoms with van der Waals surface area (Å²) in [6.07, 6.45) is 3.99. The molecular weight excluding hydrogens is 628 g/mol. The van der Waals surface area contributed by atoms with E-state index in [9.17, 15) is 14.9 Å². The lowest BCUT2D eigenvalue weighted by Gasteiger charge is -2.12. The molecule has 1 heterocycles. The summed E-state index contributed by atoms with van der Waals surface area (Å²) in [4.78, 5) is 28.5. The number of hydrogen-bond donors (Lipinski definition) is 0. The van der Waals surface area contributed by atoms with Gasteiger partial charge in [-0.3, -0.25) is 14.9 Å². The molecule has 0 bridgehead atoms. The maximum absolute atomic E-state index is 13.3. The van der Waals surface area contributed by atoms with Crippen LogP contribution in [-0.4, -0.2) is 20.8 Å². The number of nitro groups is 1. The fourth-order valence-corrected chi connectivity index (χ4v) is 4.99. The van der Waals surface area contributed by atoms with Crippen LogP contribution in [0, 0.1) is 10.1 Å². The average molecular weight is 649 g/mol. The minimum Gasteiger partial charge on any atom is -0.486 e. The number of halogens is 3. The van der Waals surface area contributed by atoms with Gasteiger partial charge in [-0.15, -0.1) is 0 Å². The molecule has 8 nitrogen and oxygen atoms in total. The Hall–Kier alpha value is -3.08. The third kappa shape index (κ3) is 6.44. The molecule has 1 aromatic heterocycles. The second-order valence-corrected chi connectivity index (χ2v) is 10.4. The number of unbranched alkanes of at least 4 members (excludes halogenated alkanes) is 1. The van der Waals surface area contributed by atoms with Gasteiger partial charge in [0, 0.05) is 23.0 Å². The molecule has 0 spiro atoms. The molecule has 0 saturated carbocycles. The number of fused-ring (bicyclic) bond motifs is 1. The van der Waals surface area contributed by atoms with Crippen molar-refractivity contribution >= 4 is 66.3 Å². The molecule has 0 radical (unpaired) electrons. The summed E-state index contributed by atoms with van der Waals surface area (Å²) < 4.78 is 8.52. The highest BCUT2D eigenvalue weighted by Gasteiger charge is 2.13. The molecule has 0 unspecified atom stereocenters. The Morgan fingerprint density at radius 3 is 2.73 bits per heavy atom. The van der Waals surface area contributed by atoms with E-state index in [-0.39, 0.29) is 17.9 Å². The standard InChI is InChI=1S/C26H21Br2ClN4O4/c1-2-3-7-24-31-23-9-8-18(27)13-20(23)26(34)32(24)30-14-17-11-21(28)25(22(29)12-17)37-15-16-5-4-6-19(10-16)33(35)36/h4-6,8-14H,2-3,7,15H2,1H3. The Morgan fingerprint density at radius 1 is 1.19 bits per heavy atom. The molecule has 4 rings (SSSR count). The number of aryl methyl sites for hydroxylation is 1. The van der Waals surface area contributed by atoms with Gasteiger partial charge in [0.1, 0.15) is 12.4 Å². The van der Waals surface area contributed by atoms with Gasteiger partial charge in [-0.2, -0.15) is 9.78 Å². The van der Waals surface area contributed by atoms with Gasteiger partial charge in [0.05, 0.1) is 31.5 Å². The van der Waals surface area contributed by atoms with Crippen molar-refractivity contribution in [2.45, 2.75) is 32.8 Å². The largest absolute Gasteiger partial charge is 0.486 e. The molecule has 0 aliphatic carbocycles. The van der Waals surface area contributed by atoms with Crippen LogP contribution < -0.4 is 10.3 Å². The Kier molecular flexibility index (Phi) is 8.73. The monoisotopic (exact) mass is 646 g/mol. The summed E-state index contributed by atoms with van der Waals surface area (Å²) in [6, 6.07) is 15.0. The summed E-state index contributed by atoms with van der Waals surface area (Å²) in [5, 5.41) is 16.3. The first-order valence-corrected chi connectivity index (χ1v) is 13.3. The summed E-state index contributed by atoms with van der Waals surface area (Å²) in [5.74, 6) is 0.975. The third-order valence-electron chi connectivity index (χ3n) is 5.48. The third-order valence-corrected chi connectivity index (χ3v) is 6.84. The van der Waals surface area contributed by atoms with E-state index < -0.39 is 4.92 Å². The molecule has 0 amide bonds. The number of aromatic nitrogens is 2. The zero-order valence-corrected chi connectivity index (χ0v) is 23.6. The van der Waals surface area contributed by atoms with E-state index in [0.29, 0.717) is 49.5 Å². The van der Waals surface area contributed by atoms with Crippen molar-refractivity contribution < 1.29 is 9.66 Å². The molecule has 0 saturated heterocycles. The van der Waals surface area contributed by atoms with E-state index in [4.69, 9.17) is 16.3 Å². The maximum atomic E-state index is 13.3. The molecule has 190 valence electrons. The lowest BCUT2D eigenvalue weighted by atomic mass is 10.2. The van der Waals surface area contributed by atoms with Crippen molar-refractivity contribution in [1.29, 1.82) is 0 Å². The Labute approximate surface area is 234 Å². The first-order chi connectivity index (χ1) is 17.8. The zero-order valence-electron chi connectivity index (χ0n) is 19.7. The summed E-state index contributed by atoms with van der Waals surface area (Å²) in [7, 11) is 0. The van der Waals surface area contributed by atoms with Crippen LogP contribution in [0.15, 0.2) is 73.4 Å². The predicted octanol–water partition coefficient (Wildman–Crippen LogP) is 7.29. The van der Waals surface area contributed by atoms with Crippen molar-refractivity contribution in [3.63, 3.8) is 0 Å². The molecule has 0 atom stereocenters. The van der Waals surface area contributed by atoms with Crippen LogP contribution in [0.25, 0.3) is 10.9 Å². The molecule has 11 heteroatoms. The van der Waals surface area contributed by atoms with Gasteiger partial charge in [-0.1, -0.05) is 53.0 Å². The number of ether oxygens (including phenoxy) is 1. The summed E-state index contributed by atoms with van der Waals surface area (Å²) in [6.45, 7) is 2.17. The topological polar surface area (TPSA) is 99.6 Å². The van der Waals surface area contributed by atoms with E-state index in [1.807, 2.05) is 12.1 Å². The minimum atomic E-state index is -0.455. The zero-order chi connectivity index (χ0) is 26.5. The number of nitrogens with zero attached hydrogens (tertiary/aromatic N) is 4. The van der Waals surface area contributed by atoms with E-state index in [1.165, 1.54) is 16.8 Å². The number of rotatable bonds is 9. The molecule has 0 N–H and O–H groups in total.